The van der Waals surface area contributed by atoms with Gasteiger partial charge < -0.3 is 9.88 Å². The minimum atomic E-state index is -0.0165. The van der Waals surface area contributed by atoms with Gasteiger partial charge in [0.15, 0.2) is 11.0 Å². The average Bonchev–Trinajstić information content (AvgIpc) is 3.08. The Balaban J connectivity index is 2.10. The first-order valence-corrected chi connectivity index (χ1v) is 11.1. The van der Waals surface area contributed by atoms with Crippen molar-refractivity contribution in [3.63, 3.8) is 0 Å². The maximum Gasteiger partial charge on any atom is 0.234 e. The lowest BCUT2D eigenvalue weighted by molar-refractivity contribution is -0.113. The highest BCUT2D eigenvalue weighted by Crippen LogP contribution is 2.26. The molecule has 0 spiro atoms. The van der Waals surface area contributed by atoms with Crippen LogP contribution in [0.15, 0.2) is 29.4 Å². The molecule has 154 valence electrons. The fourth-order valence-electron chi connectivity index (χ4n) is 3.23. The van der Waals surface area contributed by atoms with Crippen molar-refractivity contribution in [3.05, 3.63) is 35.7 Å². The monoisotopic (exact) mass is 403 g/mol. The van der Waals surface area contributed by atoms with Crippen molar-refractivity contribution in [2.24, 2.45) is 0 Å². The molecular formula is C21H33N5OS. The summed E-state index contributed by atoms with van der Waals surface area (Å²) in [5.74, 6) is 1.29. The summed E-state index contributed by atoms with van der Waals surface area (Å²) >= 11 is 1.46. The van der Waals surface area contributed by atoms with E-state index in [9.17, 15) is 4.79 Å². The van der Waals surface area contributed by atoms with Crippen molar-refractivity contribution >= 4 is 23.4 Å². The molecule has 1 atom stereocenters. The third-order valence-electron chi connectivity index (χ3n) is 4.79. The summed E-state index contributed by atoms with van der Waals surface area (Å²) in [6.45, 7) is 7.31. The second-order valence-electron chi connectivity index (χ2n) is 7.08. The van der Waals surface area contributed by atoms with Crippen LogP contribution in [0.5, 0.6) is 0 Å². The predicted octanol–water partition coefficient (Wildman–Crippen LogP) is 4.38. The smallest absolute Gasteiger partial charge is 0.234 e. The number of unbranched alkanes of at least 4 members (excludes halogenated alkanes) is 1. The van der Waals surface area contributed by atoms with Crippen molar-refractivity contribution in [2.75, 3.05) is 25.2 Å². The SMILES string of the molecule is CCCCn1c(SCC(=O)Nc2ccccc2CC)nnc1C(CC)N(C)C. The number of anilines is 1. The van der Waals surface area contributed by atoms with Gasteiger partial charge in [0.1, 0.15) is 0 Å². The Labute approximate surface area is 173 Å². The number of hydrogen-bond acceptors (Lipinski definition) is 5. The van der Waals surface area contributed by atoms with Crippen molar-refractivity contribution < 1.29 is 4.79 Å². The number of aryl methyl sites for hydroxylation is 1. The minimum absolute atomic E-state index is 0.0165. The number of benzene rings is 1. The number of rotatable bonds is 11. The fraction of sp³-hybridized carbons (Fsp3) is 0.571. The summed E-state index contributed by atoms with van der Waals surface area (Å²) in [5, 5.41) is 12.7. The molecule has 1 amide bonds. The van der Waals surface area contributed by atoms with Crippen molar-refractivity contribution in [3.8, 4) is 0 Å². The standard InChI is InChI=1S/C21H33N5OS/c1-6-9-14-26-20(18(8-3)25(4)5)23-24-21(26)28-15-19(27)22-17-13-11-10-12-16(17)7-2/h10-13,18H,6-9,14-15H2,1-5H3,(H,22,27). The summed E-state index contributed by atoms with van der Waals surface area (Å²) in [6.07, 6.45) is 4.03. The van der Waals surface area contributed by atoms with Crippen molar-refractivity contribution in [1.82, 2.24) is 19.7 Å². The molecule has 1 aromatic carbocycles. The number of aromatic nitrogens is 3. The van der Waals surface area contributed by atoms with Crippen molar-refractivity contribution in [1.29, 1.82) is 0 Å². The number of carbonyl (C=O) groups is 1. The van der Waals surface area contributed by atoms with E-state index in [1.165, 1.54) is 11.8 Å². The van der Waals surface area contributed by atoms with Gasteiger partial charge in [-0.15, -0.1) is 10.2 Å². The molecule has 6 nitrogen and oxygen atoms in total. The Kier molecular flexibility index (Phi) is 8.99. The average molecular weight is 404 g/mol. The lowest BCUT2D eigenvalue weighted by atomic mass is 10.1. The maximum absolute atomic E-state index is 12.5. The van der Waals surface area contributed by atoms with Gasteiger partial charge in [-0.25, -0.2) is 0 Å². The first-order chi connectivity index (χ1) is 13.5. The third kappa shape index (κ3) is 5.82. The van der Waals surface area contributed by atoms with Gasteiger partial charge in [-0.3, -0.25) is 9.69 Å². The van der Waals surface area contributed by atoms with Crippen molar-refractivity contribution in [2.45, 2.75) is 64.2 Å². The fourth-order valence-corrected chi connectivity index (χ4v) is 4.00. The van der Waals surface area contributed by atoms with E-state index in [2.05, 4.69) is 59.8 Å². The summed E-state index contributed by atoms with van der Waals surface area (Å²) in [6, 6.07) is 8.16. The predicted molar refractivity (Wildman–Crippen MR) is 117 cm³/mol. The number of amides is 1. The van der Waals surface area contributed by atoms with Crippen LogP contribution in [0.25, 0.3) is 0 Å². The normalized spacial score (nSPS) is 12.4. The Morgan fingerprint density at radius 2 is 1.96 bits per heavy atom. The van der Waals surface area contributed by atoms with Crippen LogP contribution >= 0.6 is 11.8 Å². The first kappa shape index (κ1) is 22.4. The number of nitrogens with zero attached hydrogens (tertiary/aromatic N) is 4. The Morgan fingerprint density at radius 1 is 1.21 bits per heavy atom. The van der Waals surface area contributed by atoms with Gasteiger partial charge in [-0.1, -0.05) is 57.2 Å². The highest BCUT2D eigenvalue weighted by Gasteiger charge is 2.22. The highest BCUT2D eigenvalue weighted by molar-refractivity contribution is 7.99. The molecule has 1 N–H and O–H groups in total. The molecule has 0 fully saturated rings. The highest BCUT2D eigenvalue weighted by atomic mass is 32.2. The van der Waals surface area contributed by atoms with Crippen LogP contribution in [0.2, 0.25) is 0 Å². The summed E-state index contributed by atoms with van der Waals surface area (Å²) in [5.41, 5.74) is 2.04. The van der Waals surface area contributed by atoms with E-state index >= 15 is 0 Å². The van der Waals surface area contributed by atoms with E-state index in [4.69, 9.17) is 0 Å². The number of thioether (sulfide) groups is 1. The summed E-state index contributed by atoms with van der Waals surface area (Å²) in [7, 11) is 4.14. The van der Waals surface area contributed by atoms with E-state index in [1.54, 1.807) is 0 Å². The van der Waals surface area contributed by atoms with E-state index in [0.29, 0.717) is 5.75 Å². The van der Waals surface area contributed by atoms with Gasteiger partial charge in [0, 0.05) is 12.2 Å². The topological polar surface area (TPSA) is 63.1 Å². The molecule has 1 heterocycles. The Bertz CT molecular complexity index is 759. The first-order valence-electron chi connectivity index (χ1n) is 10.1. The molecule has 0 bridgehead atoms. The van der Waals surface area contributed by atoms with Gasteiger partial charge in [-0.05, 0) is 45.0 Å². The molecule has 7 heteroatoms. The van der Waals surface area contributed by atoms with E-state index in [-0.39, 0.29) is 11.9 Å². The second kappa shape index (κ2) is 11.2. The molecule has 0 aliphatic rings. The lowest BCUT2D eigenvalue weighted by Crippen LogP contribution is -2.23. The molecular weight excluding hydrogens is 370 g/mol. The van der Waals surface area contributed by atoms with E-state index in [1.807, 2.05) is 24.3 Å². The van der Waals surface area contributed by atoms with Gasteiger partial charge in [0.05, 0.1) is 11.8 Å². The third-order valence-corrected chi connectivity index (χ3v) is 5.76. The van der Waals surface area contributed by atoms with E-state index < -0.39 is 0 Å². The van der Waals surface area contributed by atoms with Gasteiger partial charge in [-0.2, -0.15) is 0 Å². The Hall–Kier alpha value is -1.86. The molecule has 0 radical (unpaired) electrons. The zero-order valence-corrected chi connectivity index (χ0v) is 18.6. The van der Waals surface area contributed by atoms with Crippen LogP contribution in [-0.2, 0) is 17.8 Å². The lowest BCUT2D eigenvalue weighted by Gasteiger charge is -2.23. The molecule has 1 unspecified atom stereocenters. The zero-order valence-electron chi connectivity index (χ0n) is 17.7. The largest absolute Gasteiger partial charge is 0.325 e. The quantitative estimate of drug-likeness (QED) is 0.564. The van der Waals surface area contributed by atoms with Crippen LogP contribution in [-0.4, -0.2) is 45.4 Å². The molecule has 2 rings (SSSR count). The molecule has 0 aliphatic heterocycles. The molecule has 1 aromatic heterocycles. The van der Waals surface area contributed by atoms with E-state index in [0.717, 1.165) is 54.5 Å². The molecule has 0 aliphatic carbocycles. The van der Waals surface area contributed by atoms with Crippen LogP contribution in [0.3, 0.4) is 0 Å². The van der Waals surface area contributed by atoms with Crippen LogP contribution in [0, 0.1) is 0 Å². The van der Waals surface area contributed by atoms with Crippen LogP contribution in [0.1, 0.15) is 57.5 Å². The molecule has 2 aromatic rings. The molecule has 28 heavy (non-hydrogen) atoms. The van der Waals surface area contributed by atoms with Gasteiger partial charge in [0.25, 0.3) is 0 Å². The summed E-state index contributed by atoms with van der Waals surface area (Å²) < 4.78 is 2.19. The summed E-state index contributed by atoms with van der Waals surface area (Å²) in [4.78, 5) is 14.7. The number of para-hydroxylation sites is 1. The minimum Gasteiger partial charge on any atom is -0.325 e. The van der Waals surface area contributed by atoms with Crippen LogP contribution in [0.4, 0.5) is 5.69 Å². The number of nitrogens with one attached hydrogen (secondary N) is 1. The molecule has 0 saturated carbocycles. The molecule has 0 saturated heterocycles. The van der Waals surface area contributed by atoms with Crippen LogP contribution < -0.4 is 5.32 Å². The second-order valence-corrected chi connectivity index (χ2v) is 8.02. The maximum atomic E-state index is 12.5. The zero-order chi connectivity index (χ0) is 20.5. The number of hydrogen-bond donors (Lipinski definition) is 1. The van der Waals surface area contributed by atoms with Gasteiger partial charge in [0.2, 0.25) is 5.91 Å². The number of carbonyl (C=O) groups excluding carboxylic acids is 1. The Morgan fingerprint density at radius 3 is 2.61 bits per heavy atom. The van der Waals surface area contributed by atoms with Gasteiger partial charge >= 0.3 is 0 Å².